The van der Waals surface area contributed by atoms with Crippen LogP contribution in [0.3, 0.4) is 0 Å². The molecule has 0 aliphatic carbocycles. The van der Waals surface area contributed by atoms with Gasteiger partial charge in [0.05, 0.1) is 11.4 Å². The fourth-order valence-corrected chi connectivity index (χ4v) is 5.45. The predicted molar refractivity (Wildman–Crippen MR) is 112 cm³/mol. The van der Waals surface area contributed by atoms with Crippen LogP contribution in [0.5, 0.6) is 5.75 Å². The van der Waals surface area contributed by atoms with Crippen LogP contribution in [0.25, 0.3) is 0 Å². The number of sulfonamides is 1. The molecule has 0 aliphatic rings. The average Bonchev–Trinajstić information content (AvgIpc) is 3.31. The standard InChI is InChI=1S/C18H19N3O4S3/c1-12-13(2)27-18(19-12)20-16(22)11-25-15-8-6-14(7-9-15)21(3)28(23,24)17-5-4-10-26-17/h4-10H,11H2,1-3H3,(H,19,20,22). The van der Waals surface area contributed by atoms with Crippen LogP contribution in [0.1, 0.15) is 10.6 Å². The van der Waals surface area contributed by atoms with Gasteiger partial charge in [0.2, 0.25) is 0 Å². The van der Waals surface area contributed by atoms with Gasteiger partial charge in [-0.1, -0.05) is 6.07 Å². The van der Waals surface area contributed by atoms with E-state index in [4.69, 9.17) is 4.74 Å². The van der Waals surface area contributed by atoms with Gasteiger partial charge in [-0.2, -0.15) is 0 Å². The van der Waals surface area contributed by atoms with E-state index in [-0.39, 0.29) is 16.7 Å². The number of rotatable bonds is 7. The zero-order valence-corrected chi connectivity index (χ0v) is 18.0. The van der Waals surface area contributed by atoms with Crippen LogP contribution in [0.15, 0.2) is 46.0 Å². The average molecular weight is 438 g/mol. The van der Waals surface area contributed by atoms with Gasteiger partial charge in [0, 0.05) is 11.9 Å². The molecule has 28 heavy (non-hydrogen) atoms. The molecular formula is C18H19N3O4S3. The highest BCUT2D eigenvalue weighted by Gasteiger charge is 2.22. The number of thiazole rings is 1. The van der Waals surface area contributed by atoms with Crippen LogP contribution in [0.2, 0.25) is 0 Å². The molecule has 7 nitrogen and oxygen atoms in total. The molecule has 0 bridgehead atoms. The summed E-state index contributed by atoms with van der Waals surface area (Å²) in [6, 6.07) is 9.78. The van der Waals surface area contributed by atoms with Gasteiger partial charge in [-0.3, -0.25) is 14.4 Å². The second-order valence-corrected chi connectivity index (χ2v) is 10.2. The minimum absolute atomic E-state index is 0.166. The third-order valence-corrected chi connectivity index (χ3v) is 8.10. The molecule has 0 unspecified atom stereocenters. The summed E-state index contributed by atoms with van der Waals surface area (Å²) in [4.78, 5) is 17.3. The van der Waals surface area contributed by atoms with Gasteiger partial charge in [-0.05, 0) is 49.6 Å². The van der Waals surface area contributed by atoms with Gasteiger partial charge < -0.3 is 4.74 Å². The molecule has 3 aromatic rings. The first kappa shape index (κ1) is 20.3. The summed E-state index contributed by atoms with van der Waals surface area (Å²) in [5, 5.41) is 4.96. The van der Waals surface area contributed by atoms with Crippen LogP contribution >= 0.6 is 22.7 Å². The first-order valence-corrected chi connectivity index (χ1v) is 11.4. The number of nitrogens with one attached hydrogen (secondary N) is 1. The zero-order valence-electron chi connectivity index (χ0n) is 15.5. The summed E-state index contributed by atoms with van der Waals surface area (Å²) in [7, 11) is -2.09. The molecule has 1 aromatic carbocycles. The van der Waals surface area contributed by atoms with Crippen LogP contribution in [-0.2, 0) is 14.8 Å². The normalized spacial score (nSPS) is 11.2. The molecule has 0 saturated heterocycles. The fraction of sp³-hybridized carbons (Fsp3) is 0.222. The Hall–Kier alpha value is -2.43. The molecule has 1 amide bonds. The highest BCUT2D eigenvalue weighted by molar-refractivity contribution is 7.94. The van der Waals surface area contributed by atoms with E-state index in [1.807, 2.05) is 13.8 Å². The molecule has 148 valence electrons. The largest absolute Gasteiger partial charge is 0.484 e. The van der Waals surface area contributed by atoms with Crippen LogP contribution in [0.4, 0.5) is 10.8 Å². The van der Waals surface area contributed by atoms with Crippen molar-refractivity contribution in [3.05, 3.63) is 52.3 Å². The Kier molecular flexibility index (Phi) is 6.01. The third-order valence-electron chi connectivity index (χ3n) is 3.95. The van der Waals surface area contributed by atoms with E-state index >= 15 is 0 Å². The monoisotopic (exact) mass is 437 g/mol. The maximum atomic E-state index is 12.5. The van der Waals surface area contributed by atoms with Crippen molar-refractivity contribution in [2.75, 3.05) is 23.3 Å². The number of carbonyl (C=O) groups is 1. The Balaban J connectivity index is 1.59. The molecule has 0 aliphatic heterocycles. The predicted octanol–water partition coefficient (Wildman–Crippen LogP) is 3.66. The number of amides is 1. The Morgan fingerprint density at radius 3 is 2.50 bits per heavy atom. The topological polar surface area (TPSA) is 88.6 Å². The Labute approximate surface area is 171 Å². The van der Waals surface area contributed by atoms with Crippen molar-refractivity contribution in [3.63, 3.8) is 0 Å². The molecule has 3 rings (SSSR count). The number of thiophene rings is 1. The minimum atomic E-state index is -3.58. The summed E-state index contributed by atoms with van der Waals surface area (Å²) in [5.41, 5.74) is 1.39. The van der Waals surface area contributed by atoms with Crippen molar-refractivity contribution < 1.29 is 17.9 Å². The second kappa shape index (κ2) is 8.29. The number of carbonyl (C=O) groups excluding carboxylic acids is 1. The van der Waals surface area contributed by atoms with Gasteiger partial charge in [0.25, 0.3) is 15.9 Å². The van der Waals surface area contributed by atoms with Crippen molar-refractivity contribution in [1.29, 1.82) is 0 Å². The second-order valence-electron chi connectivity index (χ2n) is 5.90. The van der Waals surface area contributed by atoms with Crippen molar-refractivity contribution in [1.82, 2.24) is 4.98 Å². The van der Waals surface area contributed by atoms with Gasteiger partial charge in [-0.15, -0.1) is 22.7 Å². The van der Waals surface area contributed by atoms with Crippen molar-refractivity contribution in [2.24, 2.45) is 0 Å². The Morgan fingerprint density at radius 2 is 1.93 bits per heavy atom. The summed E-state index contributed by atoms with van der Waals surface area (Å²) >= 11 is 2.58. The highest BCUT2D eigenvalue weighted by atomic mass is 32.2. The van der Waals surface area contributed by atoms with Crippen molar-refractivity contribution in [2.45, 2.75) is 18.1 Å². The molecule has 0 spiro atoms. The van der Waals surface area contributed by atoms with Gasteiger partial charge in [-0.25, -0.2) is 13.4 Å². The minimum Gasteiger partial charge on any atom is -0.484 e. The first-order valence-electron chi connectivity index (χ1n) is 8.26. The number of ether oxygens (including phenoxy) is 1. The van der Waals surface area contributed by atoms with E-state index in [1.54, 1.807) is 41.8 Å². The number of nitrogens with zero attached hydrogens (tertiary/aromatic N) is 2. The Morgan fingerprint density at radius 1 is 1.21 bits per heavy atom. The lowest BCUT2D eigenvalue weighted by molar-refractivity contribution is -0.118. The molecule has 10 heteroatoms. The van der Waals surface area contributed by atoms with Crippen LogP contribution in [0, 0.1) is 13.8 Å². The van der Waals surface area contributed by atoms with Gasteiger partial charge in [0.15, 0.2) is 11.7 Å². The maximum absolute atomic E-state index is 12.5. The maximum Gasteiger partial charge on any atom is 0.273 e. The summed E-state index contributed by atoms with van der Waals surface area (Å²) in [6.45, 7) is 3.66. The fourth-order valence-electron chi connectivity index (χ4n) is 2.27. The van der Waals surface area contributed by atoms with E-state index in [0.717, 1.165) is 10.6 Å². The number of aryl methyl sites for hydroxylation is 2. The molecule has 0 radical (unpaired) electrons. The molecule has 2 heterocycles. The van der Waals surface area contributed by atoms with Crippen LogP contribution < -0.4 is 14.4 Å². The SMILES string of the molecule is Cc1nc(NC(=O)COc2ccc(N(C)S(=O)(=O)c3cccs3)cc2)sc1C. The molecular weight excluding hydrogens is 418 g/mol. The van der Waals surface area contributed by atoms with Crippen LogP contribution in [-0.4, -0.2) is 33.0 Å². The third kappa shape index (κ3) is 4.51. The lowest BCUT2D eigenvalue weighted by atomic mass is 10.3. The lowest BCUT2D eigenvalue weighted by Crippen LogP contribution is -2.25. The number of benzene rings is 1. The number of hydrogen-bond donors (Lipinski definition) is 1. The zero-order chi connectivity index (χ0) is 20.3. The number of hydrogen-bond acceptors (Lipinski definition) is 7. The van der Waals surface area contributed by atoms with Gasteiger partial charge >= 0.3 is 0 Å². The summed E-state index contributed by atoms with van der Waals surface area (Å²) in [6.07, 6.45) is 0. The Bertz CT molecular complexity index is 1040. The molecule has 1 N–H and O–H groups in total. The number of anilines is 2. The molecule has 0 fully saturated rings. The van der Waals surface area contributed by atoms with Crippen molar-refractivity contribution >= 4 is 49.4 Å². The smallest absolute Gasteiger partial charge is 0.273 e. The lowest BCUT2D eigenvalue weighted by Gasteiger charge is -2.18. The summed E-state index contributed by atoms with van der Waals surface area (Å²) in [5.74, 6) is 0.155. The highest BCUT2D eigenvalue weighted by Crippen LogP contribution is 2.26. The molecule has 0 saturated carbocycles. The molecule has 0 atom stereocenters. The summed E-state index contributed by atoms with van der Waals surface area (Å²) < 4.78 is 32.0. The van der Waals surface area contributed by atoms with Gasteiger partial charge in [0.1, 0.15) is 9.96 Å². The first-order chi connectivity index (χ1) is 13.3. The van der Waals surface area contributed by atoms with E-state index in [2.05, 4.69) is 10.3 Å². The van der Waals surface area contributed by atoms with E-state index in [9.17, 15) is 13.2 Å². The quantitative estimate of drug-likeness (QED) is 0.609. The van der Waals surface area contributed by atoms with E-state index in [0.29, 0.717) is 16.6 Å². The number of aromatic nitrogens is 1. The van der Waals surface area contributed by atoms with Crippen molar-refractivity contribution in [3.8, 4) is 5.75 Å². The van der Waals surface area contributed by atoms with E-state index < -0.39 is 10.0 Å². The van der Waals surface area contributed by atoms with E-state index in [1.165, 1.54) is 34.0 Å². The molecule has 2 aromatic heterocycles.